The van der Waals surface area contributed by atoms with E-state index in [1.807, 2.05) is 5.38 Å². The van der Waals surface area contributed by atoms with Crippen LogP contribution < -0.4 is 0 Å². The molecule has 7 heteroatoms. The molecule has 2 aromatic rings. The summed E-state index contributed by atoms with van der Waals surface area (Å²) in [6, 6.07) is 1.68. The van der Waals surface area contributed by atoms with Crippen LogP contribution in [0.2, 0.25) is 0 Å². The van der Waals surface area contributed by atoms with E-state index in [-0.39, 0.29) is 0 Å². The number of hydrogen-bond acceptors (Lipinski definition) is 6. The monoisotopic (exact) mass is 284 g/mol. The molecule has 0 unspecified atom stereocenters. The van der Waals surface area contributed by atoms with E-state index in [1.165, 1.54) is 47.5 Å². The van der Waals surface area contributed by atoms with E-state index in [0.29, 0.717) is 10.8 Å². The molecule has 1 N–H and O–H groups in total. The van der Waals surface area contributed by atoms with Crippen LogP contribution in [0.4, 0.5) is 0 Å². The molecule has 1 fully saturated rings. The summed E-state index contributed by atoms with van der Waals surface area (Å²) in [5.74, 6) is 0.640. The van der Waals surface area contributed by atoms with Gasteiger partial charge < -0.3 is 5.11 Å². The number of hydrogen-bond donors (Lipinski definition) is 1. The van der Waals surface area contributed by atoms with Crippen molar-refractivity contribution in [1.82, 2.24) is 9.36 Å². The van der Waals surface area contributed by atoms with Crippen LogP contribution in [0.15, 0.2) is 20.7 Å². The minimum atomic E-state index is -0.877. The molecule has 0 amide bonds. The van der Waals surface area contributed by atoms with Crippen molar-refractivity contribution in [1.29, 1.82) is 0 Å². The molecule has 88 valence electrons. The first-order chi connectivity index (χ1) is 8.22. The smallest absolute Gasteiger partial charge is 0.345 e. The molecule has 0 bridgehead atoms. The first-order valence-corrected chi connectivity index (χ1v) is 7.52. The molecule has 0 atom stereocenters. The van der Waals surface area contributed by atoms with Gasteiger partial charge in [0.1, 0.15) is 10.7 Å². The normalized spacial score (nSPS) is 15.1. The van der Waals surface area contributed by atoms with Gasteiger partial charge in [-0.2, -0.15) is 4.37 Å². The average Bonchev–Trinajstić information content (AvgIpc) is 2.87. The zero-order chi connectivity index (χ0) is 11.8. The van der Waals surface area contributed by atoms with Crippen molar-refractivity contribution in [2.45, 2.75) is 28.0 Å². The highest BCUT2D eigenvalue weighted by molar-refractivity contribution is 8.01. The molecule has 1 aliphatic carbocycles. The highest BCUT2D eigenvalue weighted by Gasteiger charge is 2.27. The third-order valence-electron chi connectivity index (χ3n) is 2.36. The van der Waals surface area contributed by atoms with Gasteiger partial charge >= 0.3 is 5.97 Å². The second-order valence-electron chi connectivity index (χ2n) is 3.75. The summed E-state index contributed by atoms with van der Waals surface area (Å²) in [4.78, 5) is 16.5. The SMILES string of the molecule is O=C(O)c1cc(Sc2nc(C3CC3)ns2)cs1. The van der Waals surface area contributed by atoms with Crippen LogP contribution in [-0.4, -0.2) is 20.4 Å². The molecule has 3 rings (SSSR count). The van der Waals surface area contributed by atoms with Gasteiger partial charge in [-0.3, -0.25) is 0 Å². The Labute approximate surface area is 110 Å². The fraction of sp³-hybridized carbons (Fsp3) is 0.300. The first kappa shape index (κ1) is 11.2. The van der Waals surface area contributed by atoms with Crippen molar-refractivity contribution in [2.75, 3.05) is 0 Å². The third-order valence-corrected chi connectivity index (χ3v) is 5.16. The maximum atomic E-state index is 10.7. The second kappa shape index (κ2) is 4.40. The van der Waals surface area contributed by atoms with Crippen LogP contribution in [0.25, 0.3) is 0 Å². The highest BCUT2D eigenvalue weighted by atomic mass is 32.2. The maximum absolute atomic E-state index is 10.7. The van der Waals surface area contributed by atoms with Gasteiger partial charge in [0.2, 0.25) is 0 Å². The molecular weight excluding hydrogens is 276 g/mol. The number of carboxylic acids is 1. The number of carboxylic acid groups (broad SMARTS) is 1. The largest absolute Gasteiger partial charge is 0.477 e. The van der Waals surface area contributed by atoms with Crippen LogP contribution in [0, 0.1) is 0 Å². The molecular formula is C10H8N2O2S3. The maximum Gasteiger partial charge on any atom is 0.345 e. The van der Waals surface area contributed by atoms with Crippen molar-refractivity contribution < 1.29 is 9.90 Å². The minimum absolute atomic E-state index is 0.361. The van der Waals surface area contributed by atoms with Crippen LogP contribution in [0.5, 0.6) is 0 Å². The lowest BCUT2D eigenvalue weighted by atomic mass is 10.4. The standard InChI is InChI=1S/C10H8N2O2S3/c13-9(14)7-3-6(4-15-7)16-10-11-8(12-17-10)5-1-2-5/h3-5H,1-2H2,(H,13,14). The quantitative estimate of drug-likeness (QED) is 0.933. The van der Waals surface area contributed by atoms with Gasteiger partial charge in [0, 0.05) is 16.2 Å². The van der Waals surface area contributed by atoms with Crippen molar-refractivity contribution >= 4 is 40.6 Å². The Morgan fingerprint density at radius 3 is 3.00 bits per heavy atom. The molecule has 1 aliphatic rings. The van der Waals surface area contributed by atoms with Crippen LogP contribution in [0.3, 0.4) is 0 Å². The molecule has 0 spiro atoms. The second-order valence-corrected chi connectivity index (χ2v) is 6.73. The molecule has 2 heterocycles. The van der Waals surface area contributed by atoms with E-state index < -0.39 is 5.97 Å². The third kappa shape index (κ3) is 2.51. The van der Waals surface area contributed by atoms with Gasteiger partial charge in [-0.1, -0.05) is 11.8 Å². The van der Waals surface area contributed by atoms with Gasteiger partial charge in [0.15, 0.2) is 4.34 Å². The van der Waals surface area contributed by atoms with E-state index in [0.717, 1.165) is 15.1 Å². The summed E-state index contributed by atoms with van der Waals surface area (Å²) in [5, 5.41) is 10.7. The highest BCUT2D eigenvalue weighted by Crippen LogP contribution is 2.41. The Morgan fingerprint density at radius 2 is 2.35 bits per heavy atom. The molecule has 0 saturated heterocycles. The first-order valence-electron chi connectivity index (χ1n) is 5.05. The molecule has 2 aromatic heterocycles. The van der Waals surface area contributed by atoms with E-state index in [1.54, 1.807) is 6.07 Å². The number of aromatic nitrogens is 2. The van der Waals surface area contributed by atoms with Crippen LogP contribution in [-0.2, 0) is 0 Å². The molecule has 17 heavy (non-hydrogen) atoms. The number of nitrogens with zero attached hydrogens (tertiary/aromatic N) is 2. The summed E-state index contributed by atoms with van der Waals surface area (Å²) in [6.07, 6.45) is 2.39. The summed E-state index contributed by atoms with van der Waals surface area (Å²) in [6.45, 7) is 0. The predicted octanol–water partition coefficient (Wildman–Crippen LogP) is 3.33. The van der Waals surface area contributed by atoms with Crippen molar-refractivity contribution in [2.24, 2.45) is 0 Å². The van der Waals surface area contributed by atoms with E-state index >= 15 is 0 Å². The fourth-order valence-electron chi connectivity index (χ4n) is 1.35. The zero-order valence-electron chi connectivity index (χ0n) is 8.62. The Morgan fingerprint density at radius 1 is 1.53 bits per heavy atom. The Bertz CT molecular complexity index is 559. The zero-order valence-corrected chi connectivity index (χ0v) is 11.1. The molecule has 0 aliphatic heterocycles. The van der Waals surface area contributed by atoms with Gasteiger partial charge in [-0.15, -0.1) is 11.3 Å². The summed E-state index contributed by atoms with van der Waals surface area (Å²) >= 11 is 4.11. The number of aromatic carboxylic acids is 1. The molecule has 1 saturated carbocycles. The lowest BCUT2D eigenvalue weighted by molar-refractivity contribution is 0.0702. The summed E-state index contributed by atoms with van der Waals surface area (Å²) in [7, 11) is 0. The fourth-order valence-corrected chi connectivity index (χ4v) is 3.94. The molecule has 0 aromatic carbocycles. The Hall–Kier alpha value is -0.920. The predicted molar refractivity (Wildman–Crippen MR) is 67.3 cm³/mol. The molecule has 4 nitrogen and oxygen atoms in total. The summed E-state index contributed by atoms with van der Waals surface area (Å²) in [5.41, 5.74) is 0. The lowest BCUT2D eigenvalue weighted by Gasteiger charge is -1.89. The number of carbonyl (C=O) groups is 1. The van der Waals surface area contributed by atoms with Crippen LogP contribution >= 0.6 is 34.6 Å². The Kier molecular flexibility index (Phi) is 2.89. The Balaban J connectivity index is 1.73. The average molecular weight is 284 g/mol. The number of thiophene rings is 1. The summed E-state index contributed by atoms with van der Waals surface area (Å²) < 4.78 is 5.20. The minimum Gasteiger partial charge on any atom is -0.477 e. The molecule has 0 radical (unpaired) electrons. The van der Waals surface area contributed by atoms with E-state index in [4.69, 9.17) is 5.11 Å². The van der Waals surface area contributed by atoms with Crippen molar-refractivity contribution in [3.63, 3.8) is 0 Å². The van der Waals surface area contributed by atoms with Crippen molar-refractivity contribution in [3.8, 4) is 0 Å². The van der Waals surface area contributed by atoms with Gasteiger partial charge in [-0.05, 0) is 30.4 Å². The van der Waals surface area contributed by atoms with Crippen LogP contribution in [0.1, 0.15) is 34.3 Å². The van der Waals surface area contributed by atoms with Gasteiger partial charge in [0.25, 0.3) is 0 Å². The van der Waals surface area contributed by atoms with Gasteiger partial charge in [-0.25, -0.2) is 9.78 Å². The topological polar surface area (TPSA) is 63.1 Å². The number of rotatable bonds is 4. The van der Waals surface area contributed by atoms with E-state index in [9.17, 15) is 4.79 Å². The van der Waals surface area contributed by atoms with Gasteiger partial charge in [0.05, 0.1) is 0 Å². The van der Waals surface area contributed by atoms with Crippen molar-refractivity contribution in [3.05, 3.63) is 22.1 Å². The van der Waals surface area contributed by atoms with E-state index in [2.05, 4.69) is 9.36 Å². The lowest BCUT2D eigenvalue weighted by Crippen LogP contribution is -1.89.